The van der Waals surface area contributed by atoms with Crippen LogP contribution in [0.4, 0.5) is 0 Å². The first kappa shape index (κ1) is 14.3. The summed E-state index contributed by atoms with van der Waals surface area (Å²) < 4.78 is 32.7. The highest BCUT2D eigenvalue weighted by Gasteiger charge is 2.23. The molecule has 0 radical (unpaired) electrons. The van der Waals surface area contributed by atoms with Crippen LogP contribution in [-0.2, 0) is 16.6 Å². The highest BCUT2D eigenvalue weighted by molar-refractivity contribution is 9.11. The SMILES string of the molecule is CN(Cc1ccc(Br)o1)S(=O)(=O)c1ccc(Br)s1. The molecular weight excluding hydrogens is 406 g/mol. The summed E-state index contributed by atoms with van der Waals surface area (Å²) in [5.74, 6) is 0.587. The van der Waals surface area contributed by atoms with Gasteiger partial charge < -0.3 is 4.42 Å². The Kier molecular flexibility index (Phi) is 4.32. The number of furan rings is 1. The third kappa shape index (κ3) is 3.05. The van der Waals surface area contributed by atoms with Crippen LogP contribution in [0, 0.1) is 0 Å². The fourth-order valence-electron chi connectivity index (χ4n) is 1.33. The highest BCUT2D eigenvalue weighted by atomic mass is 79.9. The summed E-state index contributed by atoms with van der Waals surface area (Å²) in [7, 11) is -1.93. The first-order valence-corrected chi connectivity index (χ1v) is 8.70. The van der Waals surface area contributed by atoms with Gasteiger partial charge >= 0.3 is 0 Å². The minimum atomic E-state index is -3.46. The molecule has 98 valence electrons. The lowest BCUT2D eigenvalue weighted by molar-refractivity contribution is 0.399. The molecule has 0 bridgehead atoms. The van der Waals surface area contributed by atoms with E-state index in [1.54, 1.807) is 24.3 Å². The second kappa shape index (κ2) is 5.46. The van der Waals surface area contributed by atoms with Crippen LogP contribution in [0.5, 0.6) is 0 Å². The van der Waals surface area contributed by atoms with E-state index in [9.17, 15) is 8.42 Å². The van der Waals surface area contributed by atoms with Crippen LogP contribution in [0.25, 0.3) is 0 Å². The number of nitrogens with zero attached hydrogens (tertiary/aromatic N) is 1. The Morgan fingerprint density at radius 3 is 2.50 bits per heavy atom. The molecule has 18 heavy (non-hydrogen) atoms. The molecule has 0 unspecified atom stereocenters. The first-order valence-electron chi connectivity index (χ1n) is 4.85. The van der Waals surface area contributed by atoms with E-state index in [1.165, 1.54) is 22.7 Å². The van der Waals surface area contributed by atoms with Crippen molar-refractivity contribution in [2.75, 3.05) is 7.05 Å². The van der Waals surface area contributed by atoms with Gasteiger partial charge in [-0.1, -0.05) is 0 Å². The van der Waals surface area contributed by atoms with Gasteiger partial charge in [-0.25, -0.2) is 8.42 Å². The Hall–Kier alpha value is -0.150. The quantitative estimate of drug-likeness (QED) is 0.766. The maximum absolute atomic E-state index is 12.2. The van der Waals surface area contributed by atoms with Crippen molar-refractivity contribution in [3.8, 4) is 0 Å². The van der Waals surface area contributed by atoms with E-state index in [2.05, 4.69) is 31.9 Å². The Morgan fingerprint density at radius 2 is 2.00 bits per heavy atom. The monoisotopic (exact) mass is 413 g/mol. The van der Waals surface area contributed by atoms with E-state index >= 15 is 0 Å². The van der Waals surface area contributed by atoms with E-state index < -0.39 is 10.0 Å². The van der Waals surface area contributed by atoms with Crippen LogP contribution in [-0.4, -0.2) is 19.8 Å². The summed E-state index contributed by atoms with van der Waals surface area (Å²) in [4.78, 5) is 0. The van der Waals surface area contributed by atoms with Crippen LogP contribution in [0.15, 0.2) is 41.3 Å². The first-order chi connectivity index (χ1) is 8.39. The number of sulfonamides is 1. The number of halogens is 2. The standard InChI is InChI=1S/C10H9Br2NO3S2/c1-13(6-7-2-3-8(11)16-7)18(14,15)10-5-4-9(12)17-10/h2-5H,6H2,1H3. The molecule has 2 aromatic heterocycles. The molecule has 0 spiro atoms. The van der Waals surface area contributed by atoms with Crippen LogP contribution in [0.1, 0.15) is 5.76 Å². The molecular formula is C10H9Br2NO3S2. The Labute approximate surface area is 126 Å². The molecule has 4 nitrogen and oxygen atoms in total. The molecule has 2 rings (SSSR count). The average molecular weight is 415 g/mol. The van der Waals surface area contributed by atoms with Gasteiger partial charge in [-0.3, -0.25) is 0 Å². The maximum Gasteiger partial charge on any atom is 0.252 e. The molecule has 0 atom stereocenters. The van der Waals surface area contributed by atoms with Crippen molar-refractivity contribution in [2.45, 2.75) is 10.8 Å². The fourth-order valence-corrected chi connectivity index (χ4v) is 5.03. The molecule has 0 amide bonds. The van der Waals surface area contributed by atoms with E-state index in [-0.39, 0.29) is 6.54 Å². The lowest BCUT2D eigenvalue weighted by Gasteiger charge is -2.14. The summed E-state index contributed by atoms with van der Waals surface area (Å²) in [6.45, 7) is 0.198. The molecule has 0 aromatic carbocycles. The zero-order valence-electron chi connectivity index (χ0n) is 9.26. The maximum atomic E-state index is 12.2. The van der Waals surface area contributed by atoms with Gasteiger partial charge in [0, 0.05) is 7.05 Å². The van der Waals surface area contributed by atoms with Crippen molar-refractivity contribution in [2.24, 2.45) is 0 Å². The summed E-state index contributed by atoms with van der Waals surface area (Å²) >= 11 is 7.62. The van der Waals surface area contributed by atoms with Crippen molar-refractivity contribution in [1.29, 1.82) is 0 Å². The predicted molar refractivity (Wildman–Crippen MR) is 77.1 cm³/mol. The van der Waals surface area contributed by atoms with Crippen LogP contribution < -0.4 is 0 Å². The van der Waals surface area contributed by atoms with Gasteiger partial charge in [0.15, 0.2) is 4.67 Å². The molecule has 0 aliphatic heterocycles. The molecule has 2 heterocycles. The van der Waals surface area contributed by atoms with E-state index in [0.29, 0.717) is 14.6 Å². The number of hydrogen-bond acceptors (Lipinski definition) is 4. The molecule has 0 saturated carbocycles. The smallest absolute Gasteiger partial charge is 0.252 e. The minimum Gasteiger partial charge on any atom is -0.453 e. The van der Waals surface area contributed by atoms with E-state index in [1.807, 2.05) is 0 Å². The molecule has 0 fully saturated rings. The van der Waals surface area contributed by atoms with Crippen LogP contribution in [0.3, 0.4) is 0 Å². The third-order valence-electron chi connectivity index (χ3n) is 2.22. The van der Waals surface area contributed by atoms with Crippen molar-refractivity contribution in [3.05, 3.63) is 38.5 Å². The van der Waals surface area contributed by atoms with Crippen molar-refractivity contribution in [1.82, 2.24) is 4.31 Å². The van der Waals surface area contributed by atoms with Crippen LogP contribution in [0.2, 0.25) is 0 Å². The Balaban J connectivity index is 2.20. The molecule has 0 aliphatic carbocycles. The van der Waals surface area contributed by atoms with Gasteiger partial charge in [-0.15, -0.1) is 11.3 Å². The predicted octanol–water partition coefficient (Wildman–Crippen LogP) is 3.69. The zero-order valence-corrected chi connectivity index (χ0v) is 14.1. The fraction of sp³-hybridized carbons (Fsp3) is 0.200. The van der Waals surface area contributed by atoms with Crippen molar-refractivity contribution < 1.29 is 12.8 Å². The normalized spacial score (nSPS) is 12.2. The summed E-state index contributed by atoms with van der Waals surface area (Å²) in [6.07, 6.45) is 0. The van der Waals surface area contributed by atoms with Gasteiger partial charge in [0.05, 0.1) is 10.3 Å². The van der Waals surface area contributed by atoms with Crippen LogP contribution >= 0.6 is 43.2 Å². The van der Waals surface area contributed by atoms with Gasteiger partial charge in [-0.05, 0) is 56.1 Å². The van der Waals surface area contributed by atoms with Gasteiger partial charge in [-0.2, -0.15) is 4.31 Å². The third-order valence-corrected chi connectivity index (χ3v) is 6.54. The second-order valence-corrected chi connectivity index (χ2v) is 9.04. The Morgan fingerprint density at radius 1 is 1.28 bits per heavy atom. The highest BCUT2D eigenvalue weighted by Crippen LogP contribution is 2.28. The molecule has 8 heteroatoms. The molecule has 2 aromatic rings. The molecule has 0 aliphatic rings. The van der Waals surface area contributed by atoms with E-state index in [4.69, 9.17) is 4.42 Å². The largest absolute Gasteiger partial charge is 0.453 e. The lowest BCUT2D eigenvalue weighted by atomic mass is 10.4. The molecule has 0 N–H and O–H groups in total. The summed E-state index contributed by atoms with van der Waals surface area (Å²) in [5.41, 5.74) is 0. The van der Waals surface area contributed by atoms with Crippen molar-refractivity contribution >= 4 is 53.2 Å². The lowest BCUT2D eigenvalue weighted by Crippen LogP contribution is -2.25. The van der Waals surface area contributed by atoms with Gasteiger partial charge in [0.1, 0.15) is 9.97 Å². The molecule has 0 saturated heterocycles. The topological polar surface area (TPSA) is 50.5 Å². The Bertz CT molecular complexity index is 648. The minimum absolute atomic E-state index is 0.198. The summed E-state index contributed by atoms with van der Waals surface area (Å²) in [6, 6.07) is 6.77. The second-order valence-electron chi connectivity index (χ2n) is 3.53. The number of hydrogen-bond donors (Lipinski definition) is 0. The van der Waals surface area contributed by atoms with E-state index in [0.717, 1.165) is 3.79 Å². The average Bonchev–Trinajstić information content (AvgIpc) is 2.88. The number of rotatable bonds is 4. The number of thiophene rings is 1. The summed E-state index contributed by atoms with van der Waals surface area (Å²) in [5, 5.41) is 0. The van der Waals surface area contributed by atoms with Crippen molar-refractivity contribution in [3.63, 3.8) is 0 Å². The van der Waals surface area contributed by atoms with Gasteiger partial charge in [0.25, 0.3) is 10.0 Å². The zero-order chi connectivity index (χ0) is 13.3. The van der Waals surface area contributed by atoms with Gasteiger partial charge in [0.2, 0.25) is 0 Å².